The van der Waals surface area contributed by atoms with E-state index in [0.29, 0.717) is 25.7 Å². The third-order valence-corrected chi connectivity index (χ3v) is 23.3. The minimum Gasteiger partial charge on any atom is -0.382 e. The van der Waals surface area contributed by atoms with Crippen molar-refractivity contribution >= 4 is 82.5 Å². The van der Waals surface area contributed by atoms with Crippen LogP contribution in [0.15, 0.2) is 12.2 Å². The van der Waals surface area contributed by atoms with E-state index in [1.165, 1.54) is 92.9 Å². The van der Waals surface area contributed by atoms with Crippen LogP contribution in [0.4, 0.5) is 13.2 Å². The maximum absolute atomic E-state index is 15.7. The van der Waals surface area contributed by atoms with Crippen molar-refractivity contribution in [2.24, 2.45) is 40.9 Å². The van der Waals surface area contributed by atoms with E-state index in [9.17, 15) is 41.9 Å². The molecule has 0 aromatic rings. The molecule has 5 fully saturated rings. The first-order chi connectivity index (χ1) is 47.8. The highest BCUT2D eigenvalue weighted by molar-refractivity contribution is 6.21. The van der Waals surface area contributed by atoms with Crippen LogP contribution >= 0.6 is 11.6 Å². The fourth-order valence-electron chi connectivity index (χ4n) is 16.6. The Bertz CT molecular complexity index is 3030. The molecule has 29 heteroatoms. The van der Waals surface area contributed by atoms with Gasteiger partial charge in [0.05, 0.1) is 32.0 Å². The molecule has 6 rings (SSSR count). The van der Waals surface area contributed by atoms with Gasteiger partial charge in [-0.25, -0.2) is 0 Å². The van der Waals surface area contributed by atoms with Gasteiger partial charge >= 0.3 is 6.18 Å². The zero-order valence-electron chi connectivity index (χ0n) is 63.3. The smallest absolute Gasteiger partial charge is 0.382 e. The number of hydrogen-bond donors (Lipinski definition) is 3. The summed E-state index contributed by atoms with van der Waals surface area (Å²) in [6.07, 6.45) is 4.88. The second kappa shape index (κ2) is 36.4. The molecule has 2 saturated heterocycles. The molecule has 2 bridgehead atoms. The molecule has 576 valence electrons. The number of halogens is 4. The highest BCUT2D eigenvalue weighted by atomic mass is 35.5. The summed E-state index contributed by atoms with van der Waals surface area (Å²) in [5, 5.41) is 7.52. The Morgan fingerprint density at radius 1 is 0.696 bits per heavy atom. The van der Waals surface area contributed by atoms with Crippen LogP contribution in [-0.4, -0.2) is 277 Å². The summed E-state index contributed by atoms with van der Waals surface area (Å²) in [7, 11) is 12.6. The minimum absolute atomic E-state index is 0.0128. The van der Waals surface area contributed by atoms with Crippen LogP contribution in [0.5, 0.6) is 0 Å². The monoisotopic (exact) mass is 1460 g/mol. The zero-order chi connectivity index (χ0) is 76.2. The SMILES string of the molecule is CCC(CC)[C@H]1C(=O)N(C)[C@H](C(=O)N(C)C)CC(=O)N(C)[C@@H](COC)C(=O)N[C@@H]([C@@H](C)CC)C(=O)N(C)CC(=O)N(C)[C@H]2C/C=C\CCN(C2=O)[C@@H](CC2CCCCC2)C(=O)N(C)CC(=O)N[C@@H](CCC2CCC(C(F)(F)F)C(Cl)C2)C(=O)N2C[C@@H](C)C[C@H]2C(=O)NC2(CC(C)(C)C2)C(=O)N1C. The summed E-state index contributed by atoms with van der Waals surface area (Å²) in [6, 6.07) is -10.3. The van der Waals surface area contributed by atoms with Crippen molar-refractivity contribution in [1.82, 2.24) is 60.0 Å². The predicted octanol–water partition coefficient (Wildman–Crippen LogP) is 5.60. The van der Waals surface area contributed by atoms with Crippen LogP contribution in [0.2, 0.25) is 0 Å². The van der Waals surface area contributed by atoms with Gasteiger partial charge < -0.3 is 64.8 Å². The Hall–Kier alpha value is -6.58. The number of amides is 12. The first-order valence-electron chi connectivity index (χ1n) is 36.9. The van der Waals surface area contributed by atoms with Crippen LogP contribution in [0.1, 0.15) is 177 Å². The molecule has 25 nitrogen and oxygen atoms in total. The lowest BCUT2D eigenvalue weighted by atomic mass is 9.58. The lowest BCUT2D eigenvalue weighted by molar-refractivity contribution is -0.182. The van der Waals surface area contributed by atoms with Crippen LogP contribution < -0.4 is 16.0 Å². The summed E-state index contributed by atoms with van der Waals surface area (Å²) in [5.41, 5.74) is -2.15. The van der Waals surface area contributed by atoms with Gasteiger partial charge in [0.2, 0.25) is 70.9 Å². The third-order valence-electron chi connectivity index (χ3n) is 22.8. The Morgan fingerprint density at radius 3 is 1.91 bits per heavy atom. The molecule has 3 N–H and O–H groups in total. The van der Waals surface area contributed by atoms with Crippen molar-refractivity contribution in [1.29, 1.82) is 0 Å². The number of rotatable bonds is 13. The molecule has 3 heterocycles. The van der Waals surface area contributed by atoms with E-state index in [0.717, 1.165) is 46.8 Å². The van der Waals surface area contributed by atoms with Crippen molar-refractivity contribution in [3.63, 3.8) is 0 Å². The fraction of sp³-hybridized carbons (Fsp3) is 0.808. The molecular formula is C73H118ClF3N12O13. The maximum Gasteiger partial charge on any atom is 0.393 e. The third kappa shape index (κ3) is 20.5. The Morgan fingerprint density at radius 2 is 1.33 bits per heavy atom. The number of carbonyl (C=O) groups excluding carboxylic acids is 12. The summed E-state index contributed by atoms with van der Waals surface area (Å²) >= 11 is 6.44. The molecule has 3 unspecified atom stereocenters. The molecule has 0 aromatic heterocycles. The predicted molar refractivity (Wildman–Crippen MR) is 378 cm³/mol. The molecule has 6 aliphatic rings. The Balaban J connectivity index is 1.46. The molecule has 3 aliphatic heterocycles. The van der Waals surface area contributed by atoms with E-state index in [2.05, 4.69) is 16.0 Å². The summed E-state index contributed by atoms with van der Waals surface area (Å²) < 4.78 is 47.7. The van der Waals surface area contributed by atoms with Crippen LogP contribution in [-0.2, 0) is 62.3 Å². The number of hydrogen-bond acceptors (Lipinski definition) is 13. The van der Waals surface area contributed by atoms with Crippen LogP contribution in [0, 0.1) is 40.9 Å². The molecule has 102 heavy (non-hydrogen) atoms. The second-order valence-electron chi connectivity index (χ2n) is 31.4. The Labute approximate surface area is 607 Å². The summed E-state index contributed by atoms with van der Waals surface area (Å²) in [4.78, 5) is 192. The molecule has 12 amide bonds. The average Bonchev–Trinajstić information content (AvgIpc) is 0.873. The van der Waals surface area contributed by atoms with E-state index in [1.807, 2.05) is 47.6 Å². The number of methoxy groups -OCH3 is 1. The van der Waals surface area contributed by atoms with Crippen LogP contribution in [0.3, 0.4) is 0 Å². The van der Waals surface area contributed by atoms with E-state index < -0.39 is 179 Å². The lowest BCUT2D eigenvalue weighted by Gasteiger charge is -2.54. The molecule has 1 spiro atoms. The summed E-state index contributed by atoms with van der Waals surface area (Å²) in [5.74, 6) is -11.6. The largest absolute Gasteiger partial charge is 0.393 e. The molecule has 3 saturated carbocycles. The zero-order valence-corrected chi connectivity index (χ0v) is 64.1. The topological polar surface area (TPSA) is 279 Å². The normalized spacial score (nSPS) is 30.5. The highest BCUT2D eigenvalue weighted by Gasteiger charge is 2.59. The van der Waals surface area contributed by atoms with Gasteiger partial charge in [-0.2, -0.15) is 13.2 Å². The van der Waals surface area contributed by atoms with E-state index in [1.54, 1.807) is 13.0 Å². The average molecular weight is 1460 g/mol. The van der Waals surface area contributed by atoms with Gasteiger partial charge in [0.25, 0.3) is 0 Å². The van der Waals surface area contributed by atoms with Gasteiger partial charge in [-0.05, 0) is 106 Å². The van der Waals surface area contributed by atoms with Gasteiger partial charge in [0.1, 0.15) is 53.9 Å². The molecular weight excluding hydrogens is 1350 g/mol. The van der Waals surface area contributed by atoms with Crippen molar-refractivity contribution in [2.75, 3.05) is 96.3 Å². The van der Waals surface area contributed by atoms with Crippen LogP contribution in [0.25, 0.3) is 0 Å². The number of alkyl halides is 4. The van der Waals surface area contributed by atoms with E-state index in [-0.39, 0.29) is 102 Å². The number of nitrogens with one attached hydrogen (secondary N) is 3. The molecule has 0 aromatic carbocycles. The second-order valence-corrected chi connectivity index (χ2v) is 31.9. The maximum atomic E-state index is 15.7. The van der Waals surface area contributed by atoms with Gasteiger partial charge in [-0.1, -0.05) is 112 Å². The quantitative estimate of drug-likeness (QED) is 0.150. The van der Waals surface area contributed by atoms with Gasteiger partial charge in [0.15, 0.2) is 0 Å². The number of carbonyl (C=O) groups is 12. The van der Waals surface area contributed by atoms with Gasteiger partial charge in [-0.15, -0.1) is 11.6 Å². The number of nitrogens with zero attached hydrogens (tertiary/aromatic N) is 9. The lowest BCUT2D eigenvalue weighted by Crippen LogP contribution is -2.71. The molecule has 13 atom stereocenters. The van der Waals surface area contributed by atoms with Crippen molar-refractivity contribution < 1.29 is 75.4 Å². The van der Waals surface area contributed by atoms with E-state index >= 15 is 28.8 Å². The van der Waals surface area contributed by atoms with Gasteiger partial charge in [0, 0.05) is 82.0 Å². The number of likely N-dealkylation sites (N-methyl/N-ethyl adjacent to an activating group) is 7. The standard InChI is InChI=1S/C73H118ClF3N12O13/c1-17-45(5)60-68(99)83(11)40-59(92)84(12)52-28-24-21-25-33-88(67(52)98)55(36-46-26-22-20-23-27-46)66(97)82(10)39-57(90)78-51(32-30-47-29-31-49(50(74)35-47)73(75,76)77)64(95)89-38-44(4)34-53(89)63(94)80-72(42-71(6,7)43-72)70(101)87(15)61(48(18-2)19-3)69(100)86(14)54(65(96)81(8)9)37-58(91)85(13)56(41-102-16)62(93)79-60/h21,24,44-56,60-61H,17-20,22-23,25-43H2,1-16H3,(H,78,90)(H,79,93)(H,80,94)/b24-21-/t44-,45-,47?,49?,50?,51-,52-,53-,54-,55-,56-,60-,61-/m0/s1. The van der Waals surface area contributed by atoms with E-state index in [4.69, 9.17) is 16.3 Å². The Kier molecular flexibility index (Phi) is 30.1. The highest BCUT2D eigenvalue weighted by Crippen LogP contribution is 2.50. The first kappa shape index (κ1) is 84.4. The fourth-order valence-corrected chi connectivity index (χ4v) is 17.1. The minimum atomic E-state index is -4.52. The van der Waals surface area contributed by atoms with Gasteiger partial charge in [-0.3, -0.25) is 57.5 Å². The molecule has 3 aliphatic carbocycles. The van der Waals surface area contributed by atoms with Crippen molar-refractivity contribution in [3.8, 4) is 0 Å². The summed E-state index contributed by atoms with van der Waals surface area (Å²) in [6.45, 7) is 11.5. The first-order valence-corrected chi connectivity index (χ1v) is 37.4. The van der Waals surface area contributed by atoms with Crippen molar-refractivity contribution in [2.45, 2.75) is 242 Å². The molecule has 0 radical (unpaired) electrons. The van der Waals surface area contributed by atoms with Crippen molar-refractivity contribution in [3.05, 3.63) is 12.2 Å². The number of fused-ring (bicyclic) bond motifs is 3. The number of ether oxygens (including phenoxy) is 1.